The molecule has 3 heterocycles. The molecule has 7 nitrogen and oxygen atoms in total. The molecule has 9 heteroatoms. The minimum absolute atomic E-state index is 0.128. The third-order valence-corrected chi connectivity index (χ3v) is 8.81. The standard InChI is InChI=1S/C26H38ClNO6S/c1-14-8-7-9-26(27)21(34-26)11-19(15(2)10-18-13-35-17(4)28-18)33-22(30)12-20(29)25(5,6)24(32)16(3)23(14)31/h10,13-14,16,19-21,23,29,31H,7-9,11-12H2,1-6H3/t14-,16+,19-,20-,21-,23-,26+/m0/s1. The molecule has 2 fully saturated rings. The molecule has 7 atom stereocenters. The van der Waals surface area contributed by atoms with Crippen LogP contribution in [0.2, 0.25) is 0 Å². The molecular formula is C26H38ClNO6S. The summed E-state index contributed by atoms with van der Waals surface area (Å²) < 4.78 is 11.6. The van der Waals surface area contributed by atoms with Gasteiger partial charge < -0.3 is 19.7 Å². The predicted octanol–water partition coefficient (Wildman–Crippen LogP) is 4.65. The molecule has 0 amide bonds. The Hall–Kier alpha value is -1.32. The van der Waals surface area contributed by atoms with Crippen molar-refractivity contribution in [2.45, 2.75) is 103 Å². The molecule has 2 aliphatic heterocycles. The fourth-order valence-electron chi connectivity index (χ4n) is 4.80. The van der Waals surface area contributed by atoms with E-state index >= 15 is 0 Å². The van der Waals surface area contributed by atoms with Gasteiger partial charge in [0.25, 0.3) is 0 Å². The van der Waals surface area contributed by atoms with Gasteiger partial charge in [0.1, 0.15) is 18.0 Å². The van der Waals surface area contributed by atoms with Gasteiger partial charge in [-0.1, -0.05) is 39.3 Å². The smallest absolute Gasteiger partial charge is 0.309 e. The number of nitrogens with zero attached hydrogens (tertiary/aromatic N) is 1. The highest BCUT2D eigenvalue weighted by molar-refractivity contribution is 7.09. The minimum atomic E-state index is -1.25. The summed E-state index contributed by atoms with van der Waals surface area (Å²) in [7, 11) is 0. The lowest BCUT2D eigenvalue weighted by Crippen LogP contribution is -2.45. The Morgan fingerprint density at radius 2 is 1.97 bits per heavy atom. The Labute approximate surface area is 216 Å². The number of rotatable bonds is 2. The number of carbonyl (C=O) groups is 2. The van der Waals surface area contributed by atoms with Crippen molar-refractivity contribution in [3.63, 3.8) is 0 Å². The lowest BCUT2D eigenvalue weighted by molar-refractivity contribution is -0.154. The molecule has 1 aromatic rings. The van der Waals surface area contributed by atoms with Crippen LogP contribution in [0.1, 0.15) is 77.4 Å². The van der Waals surface area contributed by atoms with Crippen molar-refractivity contribution >= 4 is 40.8 Å². The topological polar surface area (TPSA) is 109 Å². The van der Waals surface area contributed by atoms with E-state index in [0.717, 1.165) is 22.7 Å². The van der Waals surface area contributed by atoms with Gasteiger partial charge in [-0.15, -0.1) is 11.3 Å². The third kappa shape index (κ3) is 6.72. The number of aliphatic hydroxyl groups is 2. The molecule has 1 aromatic heterocycles. The summed E-state index contributed by atoms with van der Waals surface area (Å²) in [6.45, 7) is 10.6. The maximum absolute atomic E-state index is 13.2. The van der Waals surface area contributed by atoms with Crippen molar-refractivity contribution in [1.82, 2.24) is 4.98 Å². The number of aryl methyl sites for hydroxylation is 1. The quantitative estimate of drug-likeness (QED) is 0.327. The molecule has 0 saturated carbocycles. The molecule has 0 bridgehead atoms. The van der Waals surface area contributed by atoms with Crippen LogP contribution in [0.5, 0.6) is 0 Å². The number of ether oxygens (including phenoxy) is 2. The predicted molar refractivity (Wildman–Crippen MR) is 136 cm³/mol. The molecule has 2 saturated heterocycles. The van der Waals surface area contributed by atoms with Crippen molar-refractivity contribution in [2.75, 3.05) is 0 Å². The first-order valence-electron chi connectivity index (χ1n) is 12.3. The highest BCUT2D eigenvalue weighted by Crippen LogP contribution is 2.48. The number of hydrogen-bond acceptors (Lipinski definition) is 8. The van der Waals surface area contributed by atoms with E-state index in [2.05, 4.69) is 4.98 Å². The van der Waals surface area contributed by atoms with E-state index in [0.29, 0.717) is 19.3 Å². The van der Waals surface area contributed by atoms with Crippen LogP contribution >= 0.6 is 22.9 Å². The first kappa shape index (κ1) is 28.3. The van der Waals surface area contributed by atoms with Crippen molar-refractivity contribution < 1.29 is 29.3 Å². The van der Waals surface area contributed by atoms with Gasteiger partial charge in [0.05, 0.1) is 34.7 Å². The number of aromatic nitrogens is 1. The van der Waals surface area contributed by atoms with Crippen LogP contribution in [0.3, 0.4) is 0 Å². The number of carbonyl (C=O) groups excluding carboxylic acids is 2. The normalized spacial score (nSPS) is 37.5. The minimum Gasteiger partial charge on any atom is -0.458 e. The van der Waals surface area contributed by atoms with Crippen molar-refractivity contribution in [1.29, 1.82) is 0 Å². The number of thiazole rings is 1. The number of ketones is 1. The van der Waals surface area contributed by atoms with Gasteiger partial charge in [0.2, 0.25) is 0 Å². The van der Waals surface area contributed by atoms with Crippen LogP contribution < -0.4 is 0 Å². The van der Waals surface area contributed by atoms with Gasteiger partial charge in [-0.25, -0.2) is 4.98 Å². The molecule has 3 rings (SSSR count). The summed E-state index contributed by atoms with van der Waals surface area (Å²) in [6.07, 6.45) is 0.937. The Bertz CT molecular complexity index is 961. The molecule has 196 valence electrons. The van der Waals surface area contributed by atoms with E-state index in [1.54, 1.807) is 20.8 Å². The number of fused-ring (bicyclic) bond motifs is 1. The van der Waals surface area contributed by atoms with E-state index in [4.69, 9.17) is 21.1 Å². The van der Waals surface area contributed by atoms with Crippen LogP contribution in [0.15, 0.2) is 11.0 Å². The van der Waals surface area contributed by atoms with Crippen LogP contribution in [0.25, 0.3) is 6.08 Å². The SMILES string of the molecule is CC(=Cc1csc(C)n1)[C@@H]1C[C@@H]2O[C@]2(Cl)CCC[C@H](C)[C@H](O)[C@@H](C)C(=O)C(C)(C)[C@@H](O)CC(=O)O1. The van der Waals surface area contributed by atoms with Crippen LogP contribution in [-0.2, 0) is 19.1 Å². The molecule has 0 radical (unpaired) electrons. The summed E-state index contributed by atoms with van der Waals surface area (Å²) in [6, 6.07) is 0. The van der Waals surface area contributed by atoms with E-state index in [1.165, 1.54) is 11.3 Å². The van der Waals surface area contributed by atoms with Crippen LogP contribution in [0.4, 0.5) is 0 Å². The monoisotopic (exact) mass is 527 g/mol. The number of epoxide rings is 1. The largest absolute Gasteiger partial charge is 0.458 e. The number of aliphatic hydroxyl groups excluding tert-OH is 2. The van der Waals surface area contributed by atoms with Gasteiger partial charge in [-0.2, -0.15) is 0 Å². The first-order chi connectivity index (χ1) is 16.2. The number of Topliss-reactive ketones (excluding diaryl/α,β-unsaturated/α-hetero) is 1. The van der Waals surface area contributed by atoms with E-state index < -0.39 is 40.7 Å². The Morgan fingerprint density at radius 3 is 2.60 bits per heavy atom. The summed E-state index contributed by atoms with van der Waals surface area (Å²) in [4.78, 5) is 30.5. The molecule has 0 aliphatic carbocycles. The maximum Gasteiger partial charge on any atom is 0.309 e. The van der Waals surface area contributed by atoms with Gasteiger partial charge in [-0.05, 0) is 50.7 Å². The second-order valence-corrected chi connectivity index (χ2v) is 12.4. The number of halogens is 1. The number of alkyl halides is 1. The van der Waals surface area contributed by atoms with Crippen LogP contribution in [0, 0.1) is 24.2 Å². The molecule has 0 aromatic carbocycles. The van der Waals surface area contributed by atoms with E-state index in [9.17, 15) is 19.8 Å². The Balaban J connectivity index is 1.85. The summed E-state index contributed by atoms with van der Waals surface area (Å²) in [5.41, 5.74) is 0.365. The van der Waals surface area contributed by atoms with Gasteiger partial charge in [-0.3, -0.25) is 9.59 Å². The van der Waals surface area contributed by atoms with E-state index in [1.807, 2.05) is 32.2 Å². The fraction of sp³-hybridized carbons (Fsp3) is 0.731. The highest BCUT2D eigenvalue weighted by atomic mass is 35.5. The molecular weight excluding hydrogens is 490 g/mol. The second-order valence-electron chi connectivity index (χ2n) is 10.7. The Morgan fingerprint density at radius 1 is 1.29 bits per heavy atom. The van der Waals surface area contributed by atoms with Crippen molar-refractivity contribution in [3.8, 4) is 0 Å². The second kappa shape index (κ2) is 11.0. The fourth-order valence-corrected chi connectivity index (χ4v) is 5.70. The third-order valence-electron chi connectivity index (χ3n) is 7.50. The zero-order valence-corrected chi connectivity index (χ0v) is 23.0. The number of hydrogen-bond donors (Lipinski definition) is 2. The summed E-state index contributed by atoms with van der Waals surface area (Å²) in [5.74, 6) is -1.71. The van der Waals surface area contributed by atoms with Crippen molar-refractivity contribution in [2.24, 2.45) is 17.3 Å². The van der Waals surface area contributed by atoms with Gasteiger partial charge >= 0.3 is 5.97 Å². The molecule has 35 heavy (non-hydrogen) atoms. The Kier molecular flexibility index (Phi) is 8.86. The molecule has 0 spiro atoms. The maximum atomic E-state index is 13.2. The lowest BCUT2D eigenvalue weighted by Gasteiger charge is -2.34. The molecule has 2 aliphatic rings. The van der Waals surface area contributed by atoms with Gasteiger partial charge in [0.15, 0.2) is 5.06 Å². The zero-order chi connectivity index (χ0) is 26.1. The average molecular weight is 528 g/mol. The number of esters is 1. The number of cyclic esters (lactones) is 1. The highest BCUT2D eigenvalue weighted by Gasteiger charge is 2.55. The lowest BCUT2D eigenvalue weighted by atomic mass is 9.73. The zero-order valence-electron chi connectivity index (χ0n) is 21.4. The van der Waals surface area contributed by atoms with Crippen LogP contribution in [-0.4, -0.2) is 56.4 Å². The summed E-state index contributed by atoms with van der Waals surface area (Å²) in [5, 5.41) is 23.7. The molecule has 0 unspecified atom stereocenters. The summed E-state index contributed by atoms with van der Waals surface area (Å²) >= 11 is 8.23. The van der Waals surface area contributed by atoms with Gasteiger partial charge in [0, 0.05) is 17.7 Å². The molecule has 2 N–H and O–H groups in total. The first-order valence-corrected chi connectivity index (χ1v) is 13.6. The van der Waals surface area contributed by atoms with E-state index in [-0.39, 0.29) is 24.2 Å². The van der Waals surface area contributed by atoms with Crippen molar-refractivity contribution in [3.05, 3.63) is 21.7 Å². The average Bonchev–Trinajstić information content (AvgIpc) is 3.22.